The van der Waals surface area contributed by atoms with E-state index in [2.05, 4.69) is 10.2 Å². The Labute approximate surface area is 148 Å². The van der Waals surface area contributed by atoms with Crippen LogP contribution in [0.15, 0.2) is 42.5 Å². The fourth-order valence-electron chi connectivity index (χ4n) is 2.69. The molecule has 2 aromatic carbocycles. The van der Waals surface area contributed by atoms with Crippen LogP contribution in [0.1, 0.15) is 16.2 Å². The molecule has 4 rings (SSSR count). The highest BCUT2D eigenvalue weighted by molar-refractivity contribution is 6.30. The molecule has 0 atom stereocenters. The molecule has 0 radical (unpaired) electrons. The summed E-state index contributed by atoms with van der Waals surface area (Å²) in [5.74, 6) is 0.0682. The summed E-state index contributed by atoms with van der Waals surface area (Å²) in [6, 6.07) is 11.8. The Morgan fingerprint density at radius 2 is 1.84 bits per heavy atom. The number of nitrogens with zero attached hydrogens (tertiary/aromatic N) is 4. The van der Waals surface area contributed by atoms with Crippen molar-refractivity contribution in [3.05, 3.63) is 58.9 Å². The van der Waals surface area contributed by atoms with Gasteiger partial charge in [-0.15, -0.1) is 5.10 Å². The molecule has 1 aromatic heterocycles. The number of benzene rings is 2. The summed E-state index contributed by atoms with van der Waals surface area (Å²) in [4.78, 5) is 15.6. The number of carbonyl (C=O) groups excluding carboxylic acids is 1. The van der Waals surface area contributed by atoms with Crippen LogP contribution in [0.3, 0.4) is 0 Å². The number of carbonyl (C=O) groups is 1. The van der Waals surface area contributed by atoms with Gasteiger partial charge >= 0.3 is 0 Å². The molecule has 1 N–H and O–H groups in total. The first-order chi connectivity index (χ1) is 12.1. The van der Waals surface area contributed by atoms with Gasteiger partial charge in [-0.1, -0.05) is 11.6 Å². The normalized spacial score (nSPS) is 13.2. The van der Waals surface area contributed by atoms with Crippen molar-refractivity contribution in [1.29, 1.82) is 0 Å². The lowest BCUT2D eigenvalue weighted by Crippen LogP contribution is -2.24. The van der Waals surface area contributed by atoms with Crippen LogP contribution in [0.5, 0.6) is 11.5 Å². The van der Waals surface area contributed by atoms with Gasteiger partial charge in [0.15, 0.2) is 17.2 Å². The molecule has 7 nitrogen and oxygen atoms in total. The van der Waals surface area contributed by atoms with Crippen molar-refractivity contribution in [3.8, 4) is 17.2 Å². The molecule has 0 unspecified atom stereocenters. The van der Waals surface area contributed by atoms with Crippen LogP contribution >= 0.6 is 11.6 Å². The van der Waals surface area contributed by atoms with E-state index >= 15 is 0 Å². The Hall–Kier alpha value is -3.06. The number of amides is 1. The fourth-order valence-corrected chi connectivity index (χ4v) is 2.82. The van der Waals surface area contributed by atoms with Crippen molar-refractivity contribution < 1.29 is 14.6 Å². The second-order valence-electron chi connectivity index (χ2n) is 5.51. The number of methoxy groups -OCH3 is 1. The third-order valence-electron chi connectivity index (χ3n) is 3.97. The average molecular weight is 357 g/mol. The zero-order valence-electron chi connectivity index (χ0n) is 13.2. The maximum Gasteiger partial charge on any atom is 0.281 e. The number of rotatable bonds is 3. The second-order valence-corrected chi connectivity index (χ2v) is 5.95. The minimum atomic E-state index is -0.247. The first-order valence-electron chi connectivity index (χ1n) is 7.48. The van der Waals surface area contributed by atoms with Crippen LogP contribution in [-0.4, -0.2) is 33.1 Å². The molecule has 1 aliphatic rings. The van der Waals surface area contributed by atoms with E-state index in [0.717, 1.165) is 5.69 Å². The SMILES string of the molecule is COc1cc(N2Cc3nn(-c4ccc(Cl)cc4)nc3C2=O)ccc1O. The molecular formula is C17H13ClN4O3. The number of aromatic hydroxyl groups is 1. The molecule has 0 saturated heterocycles. The van der Waals surface area contributed by atoms with Gasteiger partial charge < -0.3 is 14.7 Å². The van der Waals surface area contributed by atoms with E-state index in [9.17, 15) is 9.90 Å². The summed E-state index contributed by atoms with van der Waals surface area (Å²) in [6.45, 7) is 0.301. The lowest BCUT2D eigenvalue weighted by atomic mass is 10.2. The molecule has 0 saturated carbocycles. The summed E-state index contributed by atoms with van der Waals surface area (Å²) >= 11 is 5.88. The van der Waals surface area contributed by atoms with Gasteiger partial charge in [0.1, 0.15) is 5.69 Å². The van der Waals surface area contributed by atoms with Gasteiger partial charge in [-0.25, -0.2) is 0 Å². The zero-order chi connectivity index (χ0) is 17.6. The number of ether oxygens (including phenoxy) is 1. The van der Waals surface area contributed by atoms with E-state index in [1.807, 2.05) is 0 Å². The van der Waals surface area contributed by atoms with Crippen molar-refractivity contribution in [2.24, 2.45) is 0 Å². The first-order valence-corrected chi connectivity index (χ1v) is 7.85. The maximum atomic E-state index is 12.7. The van der Waals surface area contributed by atoms with E-state index in [1.54, 1.807) is 41.3 Å². The molecule has 0 fully saturated rings. The van der Waals surface area contributed by atoms with Crippen LogP contribution in [0.4, 0.5) is 5.69 Å². The Morgan fingerprint density at radius 1 is 1.12 bits per heavy atom. The Bertz CT molecular complexity index is 969. The number of anilines is 1. The molecule has 2 heterocycles. The summed E-state index contributed by atoms with van der Waals surface area (Å²) in [7, 11) is 1.46. The average Bonchev–Trinajstić information content (AvgIpc) is 3.16. The minimum absolute atomic E-state index is 0.0154. The topological polar surface area (TPSA) is 80.5 Å². The van der Waals surface area contributed by atoms with E-state index in [-0.39, 0.29) is 11.7 Å². The summed E-state index contributed by atoms with van der Waals surface area (Å²) in [5.41, 5.74) is 2.23. The number of halogens is 1. The molecule has 0 bridgehead atoms. The third-order valence-corrected chi connectivity index (χ3v) is 4.22. The molecule has 1 amide bonds. The molecular weight excluding hydrogens is 344 g/mol. The van der Waals surface area contributed by atoms with Crippen LogP contribution in [0.25, 0.3) is 5.69 Å². The standard InChI is InChI=1S/C17H13ClN4O3/c1-25-15-8-12(6-7-14(15)23)21-9-13-16(17(21)24)20-22(19-13)11-4-2-10(18)3-5-11/h2-8,23H,9H2,1H3. The van der Waals surface area contributed by atoms with Gasteiger partial charge in [0, 0.05) is 16.8 Å². The predicted octanol–water partition coefficient (Wildman–Crippen LogP) is 2.80. The molecule has 126 valence electrons. The second kappa shape index (κ2) is 5.78. The van der Waals surface area contributed by atoms with E-state index in [4.69, 9.17) is 16.3 Å². The summed E-state index contributed by atoms with van der Waals surface area (Å²) in [5, 5.41) is 19.0. The Morgan fingerprint density at radius 3 is 2.52 bits per heavy atom. The third kappa shape index (κ3) is 2.58. The van der Waals surface area contributed by atoms with E-state index in [1.165, 1.54) is 18.0 Å². The highest BCUT2D eigenvalue weighted by atomic mass is 35.5. The molecule has 1 aliphatic heterocycles. The number of fused-ring (bicyclic) bond motifs is 1. The quantitative estimate of drug-likeness (QED) is 0.780. The zero-order valence-corrected chi connectivity index (χ0v) is 13.9. The van der Waals surface area contributed by atoms with Gasteiger partial charge in [0.25, 0.3) is 5.91 Å². The molecule has 0 spiro atoms. The molecule has 8 heteroatoms. The van der Waals surface area contributed by atoms with Gasteiger partial charge in [-0.2, -0.15) is 9.90 Å². The molecule has 3 aromatic rings. The largest absolute Gasteiger partial charge is 0.504 e. The number of phenols is 1. The van der Waals surface area contributed by atoms with Crippen LogP contribution in [0.2, 0.25) is 5.02 Å². The van der Waals surface area contributed by atoms with E-state index < -0.39 is 0 Å². The summed E-state index contributed by atoms with van der Waals surface area (Å²) in [6.07, 6.45) is 0. The van der Waals surface area contributed by atoms with Crippen molar-refractivity contribution in [1.82, 2.24) is 15.0 Å². The van der Waals surface area contributed by atoms with Crippen molar-refractivity contribution in [2.75, 3.05) is 12.0 Å². The van der Waals surface area contributed by atoms with Gasteiger partial charge in [0.2, 0.25) is 0 Å². The maximum absolute atomic E-state index is 12.7. The van der Waals surface area contributed by atoms with Crippen molar-refractivity contribution >= 4 is 23.2 Å². The van der Waals surface area contributed by atoms with Gasteiger partial charge in [0.05, 0.1) is 19.3 Å². The lowest BCUT2D eigenvalue weighted by Gasteiger charge is -2.17. The number of aromatic nitrogens is 3. The predicted molar refractivity (Wildman–Crippen MR) is 91.5 cm³/mol. The van der Waals surface area contributed by atoms with E-state index in [0.29, 0.717) is 34.4 Å². The molecule has 0 aliphatic carbocycles. The Kier molecular flexibility index (Phi) is 3.58. The highest BCUT2D eigenvalue weighted by Crippen LogP contribution is 2.34. The van der Waals surface area contributed by atoms with Gasteiger partial charge in [-0.05, 0) is 36.4 Å². The Balaban J connectivity index is 1.64. The minimum Gasteiger partial charge on any atom is -0.504 e. The number of phenolic OH excluding ortho intramolecular Hbond substituents is 1. The fraction of sp³-hybridized carbons (Fsp3) is 0.118. The van der Waals surface area contributed by atoms with Gasteiger partial charge in [-0.3, -0.25) is 4.79 Å². The number of hydrogen-bond acceptors (Lipinski definition) is 5. The van der Waals surface area contributed by atoms with Crippen molar-refractivity contribution in [3.63, 3.8) is 0 Å². The number of hydrogen-bond donors (Lipinski definition) is 1. The van der Waals surface area contributed by atoms with Crippen LogP contribution in [0, 0.1) is 0 Å². The van der Waals surface area contributed by atoms with Crippen molar-refractivity contribution in [2.45, 2.75) is 6.54 Å². The smallest absolute Gasteiger partial charge is 0.281 e. The van der Waals surface area contributed by atoms with Crippen LogP contribution in [-0.2, 0) is 6.54 Å². The lowest BCUT2D eigenvalue weighted by molar-refractivity contribution is 0.0991. The first kappa shape index (κ1) is 15.5. The highest BCUT2D eigenvalue weighted by Gasteiger charge is 2.34. The van der Waals surface area contributed by atoms with Crippen LogP contribution < -0.4 is 9.64 Å². The summed E-state index contributed by atoms with van der Waals surface area (Å²) < 4.78 is 5.09. The molecule has 25 heavy (non-hydrogen) atoms. The monoisotopic (exact) mass is 356 g/mol.